The molecule has 7 heteroatoms. The van der Waals surface area contributed by atoms with Gasteiger partial charge in [-0.2, -0.15) is 9.67 Å². The molecule has 2 aromatic heterocycles. The standard InChI is InChI=1S/C20H15ClN4O2/c21-16-10-8-15(9-11-16)18-23-20(22-13-14-5-2-1-3-6-14)25(24-18)19(26)17-7-4-12-27-17/h1-12H,13H2,(H,22,23,24). The maximum absolute atomic E-state index is 12.7. The van der Waals surface area contributed by atoms with E-state index in [2.05, 4.69) is 15.4 Å². The maximum atomic E-state index is 12.7. The highest BCUT2D eigenvalue weighted by Crippen LogP contribution is 2.21. The zero-order chi connectivity index (χ0) is 18.6. The first-order chi connectivity index (χ1) is 13.2. The quantitative estimate of drug-likeness (QED) is 0.553. The molecule has 0 unspecified atom stereocenters. The van der Waals surface area contributed by atoms with Crippen molar-refractivity contribution in [2.45, 2.75) is 6.54 Å². The number of carbonyl (C=O) groups is 1. The van der Waals surface area contributed by atoms with Gasteiger partial charge in [-0.05, 0) is 42.0 Å². The molecule has 134 valence electrons. The minimum Gasteiger partial charge on any atom is -0.459 e. The van der Waals surface area contributed by atoms with Crippen molar-refractivity contribution in [3.05, 3.63) is 89.3 Å². The monoisotopic (exact) mass is 378 g/mol. The second-order valence-electron chi connectivity index (χ2n) is 5.80. The Balaban J connectivity index is 1.68. The highest BCUT2D eigenvalue weighted by Gasteiger charge is 2.20. The van der Waals surface area contributed by atoms with E-state index < -0.39 is 5.91 Å². The Labute approximate surface area is 160 Å². The van der Waals surface area contributed by atoms with Crippen LogP contribution in [0.25, 0.3) is 11.4 Å². The van der Waals surface area contributed by atoms with Crippen molar-refractivity contribution in [1.82, 2.24) is 14.8 Å². The van der Waals surface area contributed by atoms with Crippen LogP contribution in [-0.4, -0.2) is 20.7 Å². The number of nitrogens with zero attached hydrogens (tertiary/aromatic N) is 3. The molecule has 0 aliphatic rings. The molecule has 1 N–H and O–H groups in total. The van der Waals surface area contributed by atoms with Gasteiger partial charge in [-0.15, -0.1) is 5.10 Å². The summed E-state index contributed by atoms with van der Waals surface area (Å²) in [5.74, 6) is 0.543. The number of hydrogen-bond acceptors (Lipinski definition) is 5. The Morgan fingerprint density at radius 3 is 2.52 bits per heavy atom. The molecule has 0 fully saturated rings. The zero-order valence-corrected chi connectivity index (χ0v) is 14.9. The Morgan fingerprint density at radius 2 is 1.81 bits per heavy atom. The number of hydrogen-bond donors (Lipinski definition) is 1. The molecular formula is C20H15ClN4O2. The predicted octanol–water partition coefficient (Wildman–Crippen LogP) is 4.49. The fraction of sp³-hybridized carbons (Fsp3) is 0.0500. The van der Waals surface area contributed by atoms with Gasteiger partial charge in [0.25, 0.3) is 0 Å². The van der Waals surface area contributed by atoms with E-state index >= 15 is 0 Å². The minimum absolute atomic E-state index is 0.185. The number of furan rings is 1. The summed E-state index contributed by atoms with van der Waals surface area (Å²) in [5.41, 5.74) is 1.82. The third-order valence-corrected chi connectivity index (χ3v) is 4.18. The van der Waals surface area contributed by atoms with Gasteiger partial charge in [-0.3, -0.25) is 4.79 Å². The smallest absolute Gasteiger partial charge is 0.317 e. The first-order valence-corrected chi connectivity index (χ1v) is 8.67. The number of benzene rings is 2. The van der Waals surface area contributed by atoms with E-state index in [1.54, 1.807) is 36.4 Å². The molecule has 6 nitrogen and oxygen atoms in total. The van der Waals surface area contributed by atoms with Crippen LogP contribution in [0, 0.1) is 0 Å². The molecule has 0 spiro atoms. The molecule has 4 rings (SSSR count). The van der Waals surface area contributed by atoms with Gasteiger partial charge in [0.2, 0.25) is 5.95 Å². The molecule has 0 aliphatic carbocycles. The van der Waals surface area contributed by atoms with Crippen molar-refractivity contribution in [2.24, 2.45) is 0 Å². The predicted molar refractivity (Wildman–Crippen MR) is 103 cm³/mol. The SMILES string of the molecule is O=C(c1ccco1)n1nc(-c2ccc(Cl)cc2)nc1NCc1ccccc1. The summed E-state index contributed by atoms with van der Waals surface area (Å²) >= 11 is 5.95. The number of carbonyl (C=O) groups excluding carboxylic acids is 1. The van der Waals surface area contributed by atoms with E-state index in [0.29, 0.717) is 23.3 Å². The van der Waals surface area contributed by atoms with Crippen molar-refractivity contribution < 1.29 is 9.21 Å². The van der Waals surface area contributed by atoms with E-state index in [9.17, 15) is 4.79 Å². The number of halogens is 1. The van der Waals surface area contributed by atoms with Crippen molar-refractivity contribution >= 4 is 23.5 Å². The van der Waals surface area contributed by atoms with E-state index in [-0.39, 0.29) is 5.76 Å². The first kappa shape index (κ1) is 17.1. The average molecular weight is 379 g/mol. The van der Waals surface area contributed by atoms with Gasteiger partial charge in [0, 0.05) is 17.1 Å². The molecule has 0 saturated carbocycles. The van der Waals surface area contributed by atoms with Crippen molar-refractivity contribution in [1.29, 1.82) is 0 Å². The van der Waals surface area contributed by atoms with Crippen LogP contribution in [0.3, 0.4) is 0 Å². The molecular weight excluding hydrogens is 364 g/mol. The average Bonchev–Trinajstić information content (AvgIpc) is 3.37. The maximum Gasteiger partial charge on any atom is 0.317 e. The molecule has 0 radical (unpaired) electrons. The van der Waals surface area contributed by atoms with Crippen molar-refractivity contribution in [3.63, 3.8) is 0 Å². The number of rotatable bonds is 5. The first-order valence-electron chi connectivity index (χ1n) is 8.30. The third kappa shape index (κ3) is 3.75. The van der Waals surface area contributed by atoms with Gasteiger partial charge in [0.05, 0.1) is 6.26 Å². The highest BCUT2D eigenvalue weighted by atomic mass is 35.5. The van der Waals surface area contributed by atoms with Crippen LogP contribution in [0.15, 0.2) is 77.4 Å². The van der Waals surface area contributed by atoms with Crippen LogP contribution < -0.4 is 5.32 Å². The summed E-state index contributed by atoms with van der Waals surface area (Å²) in [6.45, 7) is 0.505. The van der Waals surface area contributed by atoms with E-state index in [1.807, 2.05) is 30.3 Å². The van der Waals surface area contributed by atoms with Gasteiger partial charge in [0.1, 0.15) is 0 Å². The molecule has 0 bridgehead atoms. The molecule has 0 atom stereocenters. The Bertz CT molecular complexity index is 1040. The molecule has 0 amide bonds. The van der Waals surface area contributed by atoms with Gasteiger partial charge < -0.3 is 9.73 Å². The number of aromatic nitrogens is 3. The largest absolute Gasteiger partial charge is 0.459 e. The lowest BCUT2D eigenvalue weighted by atomic mass is 10.2. The lowest BCUT2D eigenvalue weighted by molar-refractivity contribution is 0.0920. The Hall–Kier alpha value is -3.38. The van der Waals surface area contributed by atoms with Crippen LogP contribution in [0.2, 0.25) is 5.02 Å². The molecule has 4 aromatic rings. The van der Waals surface area contributed by atoms with Gasteiger partial charge in [-0.25, -0.2) is 0 Å². The van der Waals surface area contributed by atoms with E-state index in [4.69, 9.17) is 16.0 Å². The van der Waals surface area contributed by atoms with Crippen LogP contribution in [0.1, 0.15) is 16.1 Å². The van der Waals surface area contributed by atoms with Crippen LogP contribution in [0.4, 0.5) is 5.95 Å². The second-order valence-corrected chi connectivity index (χ2v) is 6.24. The summed E-state index contributed by atoms with van der Waals surface area (Å²) < 4.78 is 6.43. The lowest BCUT2D eigenvalue weighted by Crippen LogP contribution is -2.17. The van der Waals surface area contributed by atoms with Gasteiger partial charge in [-0.1, -0.05) is 41.9 Å². The second kappa shape index (κ2) is 7.47. The lowest BCUT2D eigenvalue weighted by Gasteiger charge is -2.06. The van der Waals surface area contributed by atoms with Gasteiger partial charge >= 0.3 is 5.91 Å². The molecule has 0 aliphatic heterocycles. The van der Waals surface area contributed by atoms with Gasteiger partial charge in [0.15, 0.2) is 11.6 Å². The number of nitrogens with one attached hydrogen (secondary N) is 1. The molecule has 0 saturated heterocycles. The minimum atomic E-state index is -0.400. The van der Waals surface area contributed by atoms with E-state index in [1.165, 1.54) is 10.9 Å². The summed E-state index contributed by atoms with van der Waals surface area (Å²) in [4.78, 5) is 17.2. The third-order valence-electron chi connectivity index (χ3n) is 3.93. The highest BCUT2D eigenvalue weighted by molar-refractivity contribution is 6.30. The van der Waals surface area contributed by atoms with Crippen LogP contribution >= 0.6 is 11.6 Å². The van der Waals surface area contributed by atoms with Crippen LogP contribution in [-0.2, 0) is 6.54 Å². The Morgan fingerprint density at radius 1 is 1.04 bits per heavy atom. The van der Waals surface area contributed by atoms with Crippen molar-refractivity contribution in [2.75, 3.05) is 5.32 Å². The fourth-order valence-corrected chi connectivity index (χ4v) is 2.70. The van der Waals surface area contributed by atoms with Crippen molar-refractivity contribution in [3.8, 4) is 11.4 Å². The summed E-state index contributed by atoms with van der Waals surface area (Å²) in [5, 5.41) is 8.16. The van der Waals surface area contributed by atoms with E-state index in [0.717, 1.165) is 11.1 Å². The normalized spacial score (nSPS) is 10.7. The summed E-state index contributed by atoms with van der Waals surface area (Å²) in [6, 6.07) is 20.2. The summed E-state index contributed by atoms with van der Waals surface area (Å²) in [6.07, 6.45) is 1.45. The number of anilines is 1. The topological polar surface area (TPSA) is 73.0 Å². The fourth-order valence-electron chi connectivity index (χ4n) is 2.57. The molecule has 2 heterocycles. The molecule has 27 heavy (non-hydrogen) atoms. The van der Waals surface area contributed by atoms with Crippen LogP contribution in [0.5, 0.6) is 0 Å². The summed E-state index contributed by atoms with van der Waals surface area (Å²) in [7, 11) is 0. The molecule has 2 aromatic carbocycles. The zero-order valence-electron chi connectivity index (χ0n) is 14.2. The Kier molecular flexibility index (Phi) is 4.72.